The van der Waals surface area contributed by atoms with Crippen molar-refractivity contribution in [3.05, 3.63) is 99.5 Å². The van der Waals surface area contributed by atoms with Gasteiger partial charge in [-0.15, -0.1) is 0 Å². The number of aliphatic hydroxyl groups is 1. The van der Waals surface area contributed by atoms with E-state index in [1.54, 1.807) is 67.6 Å². The van der Waals surface area contributed by atoms with Gasteiger partial charge in [0.15, 0.2) is 18.0 Å². The van der Waals surface area contributed by atoms with Crippen LogP contribution in [0.5, 0.6) is 5.75 Å². The SMILES string of the molecule is CCOC(=O)COc1c(Cl)cc(/C=N\NC(=O)C(O)(c2ccccc2)c2ccccc2)cc1Cl. The Hall–Kier alpha value is -3.39. The van der Waals surface area contributed by atoms with Gasteiger partial charge >= 0.3 is 5.97 Å². The van der Waals surface area contributed by atoms with Gasteiger partial charge in [-0.05, 0) is 35.7 Å². The quantitative estimate of drug-likeness (QED) is 0.259. The molecule has 7 nitrogen and oxygen atoms in total. The van der Waals surface area contributed by atoms with Gasteiger partial charge in [-0.2, -0.15) is 5.10 Å². The zero-order valence-corrected chi connectivity index (χ0v) is 19.7. The summed E-state index contributed by atoms with van der Waals surface area (Å²) in [6.07, 6.45) is 1.32. The minimum atomic E-state index is -1.96. The fourth-order valence-electron chi connectivity index (χ4n) is 3.16. The van der Waals surface area contributed by atoms with Crippen molar-refractivity contribution in [2.45, 2.75) is 12.5 Å². The Balaban J connectivity index is 1.77. The number of carbonyl (C=O) groups excluding carboxylic acids is 2. The zero-order chi connectivity index (χ0) is 24.6. The van der Waals surface area contributed by atoms with E-state index in [1.807, 2.05) is 0 Å². The number of benzene rings is 3. The highest BCUT2D eigenvalue weighted by Crippen LogP contribution is 2.34. The van der Waals surface area contributed by atoms with Gasteiger partial charge in [0.25, 0.3) is 5.91 Å². The van der Waals surface area contributed by atoms with E-state index in [2.05, 4.69) is 10.5 Å². The average Bonchev–Trinajstić information content (AvgIpc) is 2.84. The van der Waals surface area contributed by atoms with E-state index >= 15 is 0 Å². The molecule has 9 heteroatoms. The third kappa shape index (κ3) is 5.94. The number of hydrogen-bond acceptors (Lipinski definition) is 6. The van der Waals surface area contributed by atoms with E-state index in [9.17, 15) is 14.7 Å². The monoisotopic (exact) mass is 500 g/mol. The first-order valence-corrected chi connectivity index (χ1v) is 11.1. The molecule has 0 aliphatic rings. The van der Waals surface area contributed by atoms with Gasteiger partial charge in [-0.25, -0.2) is 10.2 Å². The third-order valence-corrected chi connectivity index (χ3v) is 5.31. The molecule has 1 amide bonds. The number of esters is 1. The number of nitrogens with one attached hydrogen (secondary N) is 1. The molecule has 0 aromatic heterocycles. The number of hydrogen-bond donors (Lipinski definition) is 2. The first kappa shape index (κ1) is 25.2. The van der Waals surface area contributed by atoms with Crippen LogP contribution in [-0.4, -0.2) is 36.4 Å². The predicted molar refractivity (Wildman–Crippen MR) is 130 cm³/mol. The van der Waals surface area contributed by atoms with Crippen LogP contribution in [0.4, 0.5) is 0 Å². The molecule has 0 aliphatic heterocycles. The molecular weight excluding hydrogens is 479 g/mol. The van der Waals surface area contributed by atoms with Crippen LogP contribution in [-0.2, 0) is 19.9 Å². The summed E-state index contributed by atoms with van der Waals surface area (Å²) in [5, 5.41) is 15.7. The van der Waals surface area contributed by atoms with Gasteiger partial charge in [0.1, 0.15) is 0 Å². The van der Waals surface area contributed by atoms with Crippen LogP contribution in [0.15, 0.2) is 77.9 Å². The molecule has 0 fully saturated rings. The number of nitrogens with zero attached hydrogens (tertiary/aromatic N) is 1. The molecule has 0 unspecified atom stereocenters. The van der Waals surface area contributed by atoms with Crippen LogP contribution in [0.25, 0.3) is 0 Å². The van der Waals surface area contributed by atoms with E-state index in [1.165, 1.54) is 18.3 Å². The molecule has 3 aromatic rings. The highest BCUT2D eigenvalue weighted by atomic mass is 35.5. The Bertz CT molecular complexity index is 1110. The maximum absolute atomic E-state index is 13.1. The van der Waals surface area contributed by atoms with Gasteiger partial charge in [0, 0.05) is 0 Å². The van der Waals surface area contributed by atoms with Crippen molar-refractivity contribution in [1.29, 1.82) is 0 Å². The Morgan fingerprint density at radius 3 is 2.03 bits per heavy atom. The summed E-state index contributed by atoms with van der Waals surface area (Å²) in [7, 11) is 0. The molecule has 34 heavy (non-hydrogen) atoms. The fraction of sp³-hybridized carbons (Fsp3) is 0.160. The van der Waals surface area contributed by atoms with Gasteiger partial charge in [0.05, 0.1) is 22.9 Å². The Labute approximate surface area is 206 Å². The second-order valence-electron chi connectivity index (χ2n) is 7.05. The summed E-state index contributed by atoms with van der Waals surface area (Å²) in [4.78, 5) is 24.5. The molecule has 0 spiro atoms. The molecule has 0 atom stereocenters. The summed E-state index contributed by atoms with van der Waals surface area (Å²) < 4.78 is 10.1. The zero-order valence-electron chi connectivity index (χ0n) is 18.2. The van der Waals surface area contributed by atoms with Crippen LogP contribution < -0.4 is 10.2 Å². The Kier molecular flexibility index (Phi) is 8.65. The molecule has 2 N–H and O–H groups in total. The molecule has 0 saturated heterocycles. The molecule has 0 heterocycles. The van der Waals surface area contributed by atoms with E-state index in [0.717, 1.165) is 0 Å². The van der Waals surface area contributed by atoms with Crippen molar-refractivity contribution in [2.75, 3.05) is 13.2 Å². The van der Waals surface area contributed by atoms with Crippen LogP contribution in [0.2, 0.25) is 10.0 Å². The van der Waals surface area contributed by atoms with E-state index < -0.39 is 17.5 Å². The second-order valence-corrected chi connectivity index (χ2v) is 7.86. The fourth-order valence-corrected chi connectivity index (χ4v) is 3.77. The molecule has 3 aromatic carbocycles. The van der Waals surface area contributed by atoms with Crippen molar-refractivity contribution in [1.82, 2.24) is 5.43 Å². The van der Waals surface area contributed by atoms with Crippen molar-refractivity contribution in [2.24, 2.45) is 5.10 Å². The summed E-state index contributed by atoms with van der Waals surface area (Å²) in [6, 6.07) is 20.1. The van der Waals surface area contributed by atoms with Gasteiger partial charge in [-0.1, -0.05) is 83.9 Å². The van der Waals surface area contributed by atoms with Crippen molar-refractivity contribution >= 4 is 41.3 Å². The van der Waals surface area contributed by atoms with Crippen LogP contribution >= 0.6 is 23.2 Å². The summed E-state index contributed by atoms with van der Waals surface area (Å²) in [6.45, 7) is 1.58. The maximum atomic E-state index is 13.1. The number of amides is 1. The van der Waals surface area contributed by atoms with Crippen LogP contribution in [0, 0.1) is 0 Å². The summed E-state index contributed by atoms with van der Waals surface area (Å²) >= 11 is 12.4. The maximum Gasteiger partial charge on any atom is 0.344 e. The third-order valence-electron chi connectivity index (χ3n) is 4.75. The Morgan fingerprint density at radius 2 is 1.53 bits per heavy atom. The van der Waals surface area contributed by atoms with Crippen LogP contribution in [0.1, 0.15) is 23.6 Å². The minimum Gasteiger partial charge on any atom is -0.479 e. The van der Waals surface area contributed by atoms with Crippen molar-refractivity contribution in [3.8, 4) is 5.75 Å². The number of ether oxygens (including phenoxy) is 2. The molecule has 3 rings (SSSR count). The lowest BCUT2D eigenvalue weighted by atomic mass is 9.85. The number of hydrazone groups is 1. The number of carbonyl (C=O) groups is 2. The van der Waals surface area contributed by atoms with Crippen molar-refractivity contribution < 1.29 is 24.2 Å². The molecular formula is C25H22Cl2N2O5. The second kappa shape index (κ2) is 11.7. The summed E-state index contributed by atoms with van der Waals surface area (Å²) in [5.41, 5.74) is 1.66. The van der Waals surface area contributed by atoms with E-state index in [-0.39, 0.29) is 29.0 Å². The van der Waals surface area contributed by atoms with Crippen LogP contribution in [0.3, 0.4) is 0 Å². The first-order chi connectivity index (χ1) is 16.4. The number of halogens is 2. The molecule has 0 radical (unpaired) electrons. The normalized spacial score (nSPS) is 11.3. The number of rotatable bonds is 9. The topological polar surface area (TPSA) is 97.2 Å². The first-order valence-electron chi connectivity index (χ1n) is 10.3. The molecule has 176 valence electrons. The van der Waals surface area contributed by atoms with E-state index in [0.29, 0.717) is 16.7 Å². The smallest absolute Gasteiger partial charge is 0.344 e. The molecule has 0 saturated carbocycles. The van der Waals surface area contributed by atoms with E-state index in [4.69, 9.17) is 32.7 Å². The lowest BCUT2D eigenvalue weighted by Gasteiger charge is -2.27. The highest BCUT2D eigenvalue weighted by Gasteiger charge is 2.39. The van der Waals surface area contributed by atoms with Crippen molar-refractivity contribution in [3.63, 3.8) is 0 Å². The van der Waals surface area contributed by atoms with Gasteiger partial charge in [0.2, 0.25) is 0 Å². The lowest BCUT2D eigenvalue weighted by molar-refractivity contribution is -0.145. The predicted octanol–water partition coefficient (Wildman–Crippen LogP) is 4.32. The average molecular weight is 501 g/mol. The summed E-state index contributed by atoms with van der Waals surface area (Å²) in [5.74, 6) is -1.17. The largest absolute Gasteiger partial charge is 0.479 e. The standard InChI is InChI=1S/C25H22Cl2N2O5/c1-2-33-22(30)16-34-23-20(26)13-17(14-21(23)27)15-28-29-24(31)25(32,18-9-5-3-6-10-18)19-11-7-4-8-12-19/h3-15,32H,2,16H2,1H3,(H,29,31)/b28-15-. The lowest BCUT2D eigenvalue weighted by Crippen LogP contribution is -2.43. The minimum absolute atomic E-state index is 0.125. The van der Waals surface area contributed by atoms with Gasteiger partial charge < -0.3 is 14.6 Å². The Morgan fingerprint density at radius 1 is 1.00 bits per heavy atom. The highest BCUT2D eigenvalue weighted by molar-refractivity contribution is 6.37. The molecule has 0 aliphatic carbocycles. The van der Waals surface area contributed by atoms with Gasteiger partial charge in [-0.3, -0.25) is 4.79 Å². The molecule has 0 bridgehead atoms.